The lowest BCUT2D eigenvalue weighted by Gasteiger charge is -2.32. The van der Waals surface area contributed by atoms with Gasteiger partial charge in [0.1, 0.15) is 6.10 Å². The molecule has 2 rings (SSSR count). The molecule has 0 aromatic carbocycles. The van der Waals surface area contributed by atoms with Gasteiger partial charge < -0.3 is 9.64 Å². The first kappa shape index (κ1) is 15.7. The summed E-state index contributed by atoms with van der Waals surface area (Å²) in [4.78, 5) is 22.5. The SMILES string of the molecule is CCc1cnc(OC2CCCN(C(=O)CC(C)C)C2)nc1. The Kier molecular flexibility index (Phi) is 5.53. The van der Waals surface area contributed by atoms with Crippen molar-refractivity contribution in [3.63, 3.8) is 0 Å². The van der Waals surface area contributed by atoms with E-state index in [2.05, 4.69) is 30.7 Å². The minimum absolute atomic E-state index is 0.00217. The molecule has 0 bridgehead atoms. The zero-order chi connectivity index (χ0) is 15.2. The molecule has 1 aromatic heterocycles. The van der Waals surface area contributed by atoms with Crippen molar-refractivity contribution in [1.29, 1.82) is 0 Å². The Morgan fingerprint density at radius 1 is 1.43 bits per heavy atom. The van der Waals surface area contributed by atoms with E-state index < -0.39 is 0 Å². The zero-order valence-electron chi connectivity index (χ0n) is 13.2. The van der Waals surface area contributed by atoms with Crippen LogP contribution in [0, 0.1) is 5.92 Å². The molecule has 0 spiro atoms. The molecule has 0 N–H and O–H groups in total. The smallest absolute Gasteiger partial charge is 0.316 e. The summed E-state index contributed by atoms with van der Waals surface area (Å²) in [7, 11) is 0. The molecule has 1 amide bonds. The van der Waals surface area contributed by atoms with Crippen LogP contribution in [0.4, 0.5) is 0 Å². The molecule has 1 fully saturated rings. The number of hydrogen-bond donors (Lipinski definition) is 0. The van der Waals surface area contributed by atoms with E-state index in [4.69, 9.17) is 4.74 Å². The third kappa shape index (κ3) is 4.69. The fourth-order valence-corrected chi connectivity index (χ4v) is 2.47. The van der Waals surface area contributed by atoms with Gasteiger partial charge in [-0.05, 0) is 30.7 Å². The van der Waals surface area contributed by atoms with Crippen LogP contribution in [0.3, 0.4) is 0 Å². The Hall–Kier alpha value is -1.65. The van der Waals surface area contributed by atoms with Gasteiger partial charge in [-0.1, -0.05) is 20.8 Å². The fraction of sp³-hybridized carbons (Fsp3) is 0.688. The average molecular weight is 291 g/mol. The van der Waals surface area contributed by atoms with Crippen molar-refractivity contribution in [2.45, 2.75) is 52.6 Å². The number of ether oxygens (including phenoxy) is 1. The third-order valence-corrected chi connectivity index (χ3v) is 3.68. The van der Waals surface area contributed by atoms with Crippen molar-refractivity contribution in [2.75, 3.05) is 13.1 Å². The van der Waals surface area contributed by atoms with Crippen molar-refractivity contribution in [3.8, 4) is 6.01 Å². The summed E-state index contributed by atoms with van der Waals surface area (Å²) >= 11 is 0. The normalized spacial score (nSPS) is 18.9. The Labute approximate surface area is 126 Å². The van der Waals surface area contributed by atoms with Gasteiger partial charge in [0.25, 0.3) is 0 Å². The van der Waals surface area contributed by atoms with Crippen LogP contribution in [0.15, 0.2) is 12.4 Å². The van der Waals surface area contributed by atoms with Gasteiger partial charge in [-0.3, -0.25) is 4.79 Å². The van der Waals surface area contributed by atoms with Crippen LogP contribution in [-0.2, 0) is 11.2 Å². The number of piperidine rings is 1. The second-order valence-corrected chi connectivity index (χ2v) is 6.05. The van der Waals surface area contributed by atoms with Crippen LogP contribution in [0.25, 0.3) is 0 Å². The number of carbonyl (C=O) groups is 1. The number of amides is 1. The summed E-state index contributed by atoms with van der Waals surface area (Å²) in [5, 5.41) is 0. The maximum absolute atomic E-state index is 12.1. The van der Waals surface area contributed by atoms with Gasteiger partial charge in [0.05, 0.1) is 6.54 Å². The number of carbonyl (C=O) groups excluding carboxylic acids is 1. The van der Waals surface area contributed by atoms with Gasteiger partial charge in [0.2, 0.25) is 5.91 Å². The van der Waals surface area contributed by atoms with Gasteiger partial charge in [0, 0.05) is 25.4 Å². The van der Waals surface area contributed by atoms with Gasteiger partial charge >= 0.3 is 6.01 Å². The number of aryl methyl sites for hydroxylation is 1. The van der Waals surface area contributed by atoms with Gasteiger partial charge in [0.15, 0.2) is 0 Å². The second kappa shape index (κ2) is 7.38. The Morgan fingerprint density at radius 2 is 2.14 bits per heavy atom. The van der Waals surface area contributed by atoms with E-state index >= 15 is 0 Å². The van der Waals surface area contributed by atoms with Crippen LogP contribution in [0.1, 0.15) is 45.6 Å². The predicted molar refractivity (Wildman–Crippen MR) is 81.1 cm³/mol. The van der Waals surface area contributed by atoms with E-state index in [1.807, 2.05) is 4.90 Å². The summed E-state index contributed by atoms with van der Waals surface area (Å²) in [6.45, 7) is 7.68. The third-order valence-electron chi connectivity index (χ3n) is 3.68. The van der Waals surface area contributed by atoms with E-state index in [1.165, 1.54) is 0 Å². The monoisotopic (exact) mass is 291 g/mol. The fourth-order valence-electron chi connectivity index (χ4n) is 2.47. The van der Waals surface area contributed by atoms with E-state index in [9.17, 15) is 4.79 Å². The lowest BCUT2D eigenvalue weighted by Crippen LogP contribution is -2.44. The molecule has 2 heterocycles. The summed E-state index contributed by atoms with van der Waals surface area (Å²) in [6.07, 6.45) is 7.05. The van der Waals surface area contributed by atoms with Gasteiger partial charge in [-0.15, -0.1) is 0 Å². The van der Waals surface area contributed by atoms with E-state index in [0.717, 1.165) is 31.4 Å². The van der Waals surface area contributed by atoms with Crippen LogP contribution >= 0.6 is 0 Å². The first-order valence-electron chi connectivity index (χ1n) is 7.83. The van der Waals surface area contributed by atoms with Crippen molar-refractivity contribution < 1.29 is 9.53 Å². The Bertz CT molecular complexity index is 459. The first-order valence-corrected chi connectivity index (χ1v) is 7.83. The van der Waals surface area contributed by atoms with Gasteiger partial charge in [-0.2, -0.15) is 0 Å². The molecule has 1 aromatic rings. The highest BCUT2D eigenvalue weighted by Gasteiger charge is 2.25. The van der Waals surface area contributed by atoms with Gasteiger partial charge in [-0.25, -0.2) is 9.97 Å². The highest BCUT2D eigenvalue weighted by atomic mass is 16.5. The molecule has 5 nitrogen and oxygen atoms in total. The Balaban J connectivity index is 1.89. The quantitative estimate of drug-likeness (QED) is 0.836. The van der Waals surface area contributed by atoms with Crippen molar-refractivity contribution in [3.05, 3.63) is 18.0 Å². The molecular formula is C16H25N3O2. The molecule has 116 valence electrons. The summed E-state index contributed by atoms with van der Waals surface area (Å²) in [5.74, 6) is 0.615. The van der Waals surface area contributed by atoms with Crippen LogP contribution in [0.2, 0.25) is 0 Å². The average Bonchev–Trinajstić information content (AvgIpc) is 2.47. The Morgan fingerprint density at radius 3 is 2.76 bits per heavy atom. The number of aromatic nitrogens is 2. The first-order chi connectivity index (χ1) is 10.1. The molecule has 1 aliphatic rings. The van der Waals surface area contributed by atoms with Crippen molar-refractivity contribution >= 4 is 5.91 Å². The maximum Gasteiger partial charge on any atom is 0.316 e. The van der Waals surface area contributed by atoms with E-state index in [1.54, 1.807) is 12.4 Å². The highest BCUT2D eigenvalue weighted by Crippen LogP contribution is 2.17. The number of likely N-dealkylation sites (tertiary alicyclic amines) is 1. The number of hydrogen-bond acceptors (Lipinski definition) is 4. The minimum Gasteiger partial charge on any atom is -0.458 e. The molecule has 0 radical (unpaired) electrons. The molecule has 0 aliphatic carbocycles. The second-order valence-electron chi connectivity index (χ2n) is 6.05. The summed E-state index contributed by atoms with van der Waals surface area (Å²) < 4.78 is 5.82. The van der Waals surface area contributed by atoms with Crippen LogP contribution in [0.5, 0.6) is 6.01 Å². The molecule has 0 saturated carbocycles. The topological polar surface area (TPSA) is 55.3 Å². The highest BCUT2D eigenvalue weighted by molar-refractivity contribution is 5.76. The summed E-state index contributed by atoms with van der Waals surface area (Å²) in [5.41, 5.74) is 1.10. The maximum atomic E-state index is 12.1. The van der Waals surface area contributed by atoms with E-state index in [-0.39, 0.29) is 12.0 Å². The summed E-state index contributed by atoms with van der Waals surface area (Å²) in [6, 6.07) is 0.412. The lowest BCUT2D eigenvalue weighted by atomic mass is 10.1. The predicted octanol–water partition coefficient (Wildman–Crippen LogP) is 2.45. The standard InChI is InChI=1S/C16H25N3O2/c1-4-13-9-17-16(18-10-13)21-14-6-5-7-19(11-14)15(20)8-12(2)3/h9-10,12,14H,4-8,11H2,1-3H3. The zero-order valence-corrected chi connectivity index (χ0v) is 13.2. The molecule has 1 unspecified atom stereocenters. The molecular weight excluding hydrogens is 266 g/mol. The molecule has 1 atom stereocenters. The molecule has 1 saturated heterocycles. The number of nitrogens with zero attached hydrogens (tertiary/aromatic N) is 3. The van der Waals surface area contributed by atoms with Crippen LogP contribution < -0.4 is 4.74 Å². The molecule has 1 aliphatic heterocycles. The van der Waals surface area contributed by atoms with E-state index in [0.29, 0.717) is 24.9 Å². The number of rotatable bonds is 5. The largest absolute Gasteiger partial charge is 0.458 e. The lowest BCUT2D eigenvalue weighted by molar-refractivity contribution is -0.134. The van der Waals surface area contributed by atoms with Crippen molar-refractivity contribution in [2.24, 2.45) is 5.92 Å². The molecule has 5 heteroatoms. The van der Waals surface area contributed by atoms with Crippen molar-refractivity contribution in [1.82, 2.24) is 14.9 Å². The van der Waals surface area contributed by atoms with Crippen LogP contribution in [-0.4, -0.2) is 40.0 Å². The minimum atomic E-state index is 0.00217. The molecule has 21 heavy (non-hydrogen) atoms.